The fourth-order valence-corrected chi connectivity index (χ4v) is 5.08. The molecule has 3 heterocycles. The van der Waals surface area contributed by atoms with Crippen LogP contribution in [0.3, 0.4) is 0 Å². The Morgan fingerprint density at radius 3 is 1.00 bits per heavy atom. The average molecular weight is 586 g/mol. The van der Waals surface area contributed by atoms with Gasteiger partial charge in [-0.15, -0.1) is 30.6 Å². The highest BCUT2D eigenvalue weighted by Crippen LogP contribution is 2.32. The van der Waals surface area contributed by atoms with Crippen molar-refractivity contribution in [2.75, 3.05) is 0 Å². The number of nitrogens with zero attached hydrogens (tertiary/aromatic N) is 7. The molecule has 0 radical (unpaired) electrons. The number of rotatable bonds is 7. The molecule has 8 aromatic rings. The Kier molecular flexibility index (Phi) is 6.58. The molecule has 0 N–H and O–H groups in total. The molecule has 0 aliphatic rings. The van der Waals surface area contributed by atoms with Crippen LogP contribution in [0.1, 0.15) is 0 Å². The van der Waals surface area contributed by atoms with Gasteiger partial charge in [0, 0.05) is 39.1 Å². The first-order valence-electron chi connectivity index (χ1n) is 14.3. The van der Waals surface area contributed by atoms with Gasteiger partial charge in [-0.25, -0.2) is 0 Å². The van der Waals surface area contributed by atoms with Crippen LogP contribution in [-0.2, 0) is 0 Å². The highest BCUT2D eigenvalue weighted by molar-refractivity contribution is 5.70. The quantitative estimate of drug-likeness (QED) is 0.185. The SMILES string of the molecule is c1ccc(-c2nnc(-c3ccc(-c4nnc(-c5ccc(-c6nnc(-c7ccccc7)o6)cc5)n4-c4ccccc4)cc3)o2)cc1. The molecule has 214 valence electrons. The Balaban J connectivity index is 1.11. The van der Waals surface area contributed by atoms with Crippen molar-refractivity contribution in [1.82, 2.24) is 35.2 Å². The average Bonchev–Trinajstić information content (AvgIpc) is 3.90. The molecule has 0 fully saturated rings. The summed E-state index contributed by atoms with van der Waals surface area (Å²) in [7, 11) is 0. The Morgan fingerprint density at radius 2 is 0.622 bits per heavy atom. The molecule has 0 spiro atoms. The van der Waals surface area contributed by atoms with Crippen molar-refractivity contribution in [3.05, 3.63) is 140 Å². The van der Waals surface area contributed by atoms with Crippen LogP contribution in [0.4, 0.5) is 0 Å². The lowest BCUT2D eigenvalue weighted by Crippen LogP contribution is -2.00. The topological polar surface area (TPSA) is 109 Å². The van der Waals surface area contributed by atoms with E-state index in [1.165, 1.54) is 0 Å². The first-order chi connectivity index (χ1) is 22.3. The molecule has 0 atom stereocenters. The van der Waals surface area contributed by atoms with Crippen molar-refractivity contribution in [3.8, 4) is 74.3 Å². The van der Waals surface area contributed by atoms with Crippen LogP contribution in [0, 0.1) is 0 Å². The van der Waals surface area contributed by atoms with E-state index >= 15 is 0 Å². The van der Waals surface area contributed by atoms with Crippen LogP contribution in [0.15, 0.2) is 148 Å². The van der Waals surface area contributed by atoms with Crippen LogP contribution < -0.4 is 0 Å². The molecule has 0 aliphatic heterocycles. The molecule has 9 nitrogen and oxygen atoms in total. The largest absolute Gasteiger partial charge is 0.416 e. The summed E-state index contributed by atoms with van der Waals surface area (Å²) in [5.41, 5.74) is 6.09. The Bertz CT molecular complexity index is 2050. The summed E-state index contributed by atoms with van der Waals surface area (Å²) < 4.78 is 13.9. The minimum absolute atomic E-state index is 0.447. The van der Waals surface area contributed by atoms with Gasteiger partial charge in [0.15, 0.2) is 11.6 Å². The van der Waals surface area contributed by atoms with Crippen LogP contribution >= 0.6 is 0 Å². The molecule has 5 aromatic carbocycles. The number of hydrogen-bond donors (Lipinski definition) is 0. The second-order valence-corrected chi connectivity index (χ2v) is 10.2. The van der Waals surface area contributed by atoms with E-state index in [0.29, 0.717) is 35.2 Å². The van der Waals surface area contributed by atoms with E-state index < -0.39 is 0 Å². The molecule has 0 unspecified atom stereocenters. The maximum atomic E-state index is 5.95. The number of aromatic nitrogens is 7. The zero-order valence-corrected chi connectivity index (χ0v) is 23.7. The monoisotopic (exact) mass is 585 g/mol. The third-order valence-electron chi connectivity index (χ3n) is 7.35. The first-order valence-corrected chi connectivity index (χ1v) is 14.3. The summed E-state index contributed by atoms with van der Waals surface area (Å²) in [5.74, 6) is 3.25. The molecule has 0 aliphatic carbocycles. The Morgan fingerprint density at radius 1 is 0.311 bits per heavy atom. The zero-order valence-electron chi connectivity index (χ0n) is 23.7. The van der Waals surface area contributed by atoms with Crippen molar-refractivity contribution in [3.63, 3.8) is 0 Å². The van der Waals surface area contributed by atoms with Crippen molar-refractivity contribution < 1.29 is 8.83 Å². The number of benzene rings is 5. The van der Waals surface area contributed by atoms with Crippen molar-refractivity contribution in [1.29, 1.82) is 0 Å². The van der Waals surface area contributed by atoms with Crippen LogP contribution in [0.25, 0.3) is 74.3 Å². The van der Waals surface area contributed by atoms with Gasteiger partial charge in [0.2, 0.25) is 23.6 Å². The van der Waals surface area contributed by atoms with Crippen LogP contribution in [-0.4, -0.2) is 35.2 Å². The standard InChI is InChI=1S/C36H23N7O2/c1-4-10-26(11-5-1)33-39-41-35(44-33)28-20-16-24(17-21-28)31-37-38-32(43(31)30-14-8-3-9-15-30)25-18-22-29(23-19-25)36-42-40-34(45-36)27-12-6-2-7-13-27/h1-23H. The predicted octanol–water partition coefficient (Wildman–Crippen LogP) is 8.04. The van der Waals surface area contributed by atoms with Gasteiger partial charge in [0.1, 0.15) is 0 Å². The van der Waals surface area contributed by atoms with E-state index in [0.717, 1.165) is 39.1 Å². The van der Waals surface area contributed by atoms with Gasteiger partial charge in [0.05, 0.1) is 0 Å². The lowest BCUT2D eigenvalue weighted by atomic mass is 10.1. The minimum atomic E-state index is 0.447. The minimum Gasteiger partial charge on any atom is -0.416 e. The molecule has 45 heavy (non-hydrogen) atoms. The molecule has 3 aromatic heterocycles. The summed E-state index contributed by atoms with van der Waals surface area (Å²) >= 11 is 0. The van der Waals surface area contributed by atoms with Crippen molar-refractivity contribution >= 4 is 0 Å². The van der Waals surface area contributed by atoms with Gasteiger partial charge < -0.3 is 8.83 Å². The van der Waals surface area contributed by atoms with E-state index in [1.807, 2.05) is 144 Å². The number of hydrogen-bond acceptors (Lipinski definition) is 8. The molecule has 8 rings (SSSR count). The summed E-state index contributed by atoms with van der Waals surface area (Å²) in [5, 5.41) is 26.2. The fraction of sp³-hybridized carbons (Fsp3) is 0. The smallest absolute Gasteiger partial charge is 0.248 e. The second-order valence-electron chi connectivity index (χ2n) is 10.2. The summed E-state index contributed by atoms with van der Waals surface area (Å²) in [6, 6.07) is 45.2. The van der Waals surface area contributed by atoms with E-state index in [9.17, 15) is 0 Å². The van der Waals surface area contributed by atoms with Gasteiger partial charge in [-0.05, 0) is 60.7 Å². The van der Waals surface area contributed by atoms with Gasteiger partial charge in [-0.1, -0.05) is 78.9 Å². The predicted molar refractivity (Wildman–Crippen MR) is 170 cm³/mol. The first kappa shape index (κ1) is 26.2. The van der Waals surface area contributed by atoms with E-state index in [-0.39, 0.29) is 0 Å². The summed E-state index contributed by atoms with van der Waals surface area (Å²) in [6.45, 7) is 0. The molecule has 0 amide bonds. The summed E-state index contributed by atoms with van der Waals surface area (Å²) in [4.78, 5) is 0. The highest BCUT2D eigenvalue weighted by Gasteiger charge is 2.19. The molecular weight excluding hydrogens is 562 g/mol. The maximum absolute atomic E-state index is 5.95. The van der Waals surface area contributed by atoms with Gasteiger partial charge in [-0.2, -0.15) is 0 Å². The molecular formula is C36H23N7O2. The highest BCUT2D eigenvalue weighted by atomic mass is 16.4. The molecule has 9 heteroatoms. The van der Waals surface area contributed by atoms with Gasteiger partial charge in [-0.3, -0.25) is 4.57 Å². The Labute approximate surface area is 257 Å². The lowest BCUT2D eigenvalue weighted by molar-refractivity contribution is 0.584. The van der Waals surface area contributed by atoms with E-state index in [4.69, 9.17) is 8.83 Å². The Hall–Kier alpha value is -6.48. The van der Waals surface area contributed by atoms with Crippen LogP contribution in [0.2, 0.25) is 0 Å². The maximum Gasteiger partial charge on any atom is 0.248 e. The van der Waals surface area contributed by atoms with Gasteiger partial charge in [0.25, 0.3) is 0 Å². The van der Waals surface area contributed by atoms with Crippen molar-refractivity contribution in [2.45, 2.75) is 0 Å². The molecule has 0 saturated carbocycles. The number of para-hydroxylation sites is 1. The second kappa shape index (κ2) is 11.3. The summed E-state index contributed by atoms with van der Waals surface area (Å²) in [6.07, 6.45) is 0. The molecule has 0 bridgehead atoms. The normalized spacial score (nSPS) is 11.1. The zero-order chi connectivity index (χ0) is 30.0. The van der Waals surface area contributed by atoms with Crippen molar-refractivity contribution in [2.24, 2.45) is 0 Å². The van der Waals surface area contributed by atoms with Crippen LogP contribution in [0.5, 0.6) is 0 Å². The lowest BCUT2D eigenvalue weighted by Gasteiger charge is -2.11. The van der Waals surface area contributed by atoms with E-state index in [1.54, 1.807) is 0 Å². The third-order valence-corrected chi connectivity index (χ3v) is 7.35. The van der Waals surface area contributed by atoms with Gasteiger partial charge >= 0.3 is 0 Å². The third kappa shape index (κ3) is 5.08. The fourth-order valence-electron chi connectivity index (χ4n) is 5.08. The van der Waals surface area contributed by atoms with E-state index in [2.05, 4.69) is 30.6 Å². The molecule has 0 saturated heterocycles.